The summed E-state index contributed by atoms with van der Waals surface area (Å²) in [7, 11) is 0. The van der Waals surface area contributed by atoms with Gasteiger partial charge in [0.25, 0.3) is 0 Å². The smallest absolute Gasteiger partial charge is 0.226 e. The van der Waals surface area contributed by atoms with Crippen molar-refractivity contribution in [3.63, 3.8) is 0 Å². The topological polar surface area (TPSA) is 69.3 Å². The van der Waals surface area contributed by atoms with Crippen LogP contribution in [0.15, 0.2) is 65.3 Å². The lowest BCUT2D eigenvalue weighted by atomic mass is 10.1. The molecule has 1 amide bonds. The average Bonchev–Trinajstić information content (AvgIpc) is 3.41. The predicted octanol–water partition coefficient (Wildman–Crippen LogP) is 5.23. The highest BCUT2D eigenvalue weighted by atomic mass is 19.1. The molecule has 6 nitrogen and oxygen atoms in total. The maximum atomic E-state index is 14.3. The van der Waals surface area contributed by atoms with Gasteiger partial charge in [-0.25, -0.2) is 17.9 Å². The molecule has 0 saturated heterocycles. The second kappa shape index (κ2) is 9.64. The molecule has 0 unspecified atom stereocenters. The molecular weight excluding hydrogens is 435 g/mol. The van der Waals surface area contributed by atoms with E-state index in [1.807, 2.05) is 0 Å². The number of hydrogen-bond donors (Lipinski definition) is 1. The van der Waals surface area contributed by atoms with Gasteiger partial charge in [0.15, 0.2) is 11.6 Å². The molecule has 0 aliphatic carbocycles. The lowest BCUT2D eigenvalue weighted by Crippen LogP contribution is -2.22. The molecular formula is C24H20F3N3O3. The highest BCUT2D eigenvalue weighted by Crippen LogP contribution is 2.33. The van der Waals surface area contributed by atoms with Gasteiger partial charge in [-0.2, -0.15) is 5.10 Å². The summed E-state index contributed by atoms with van der Waals surface area (Å²) in [6, 6.07) is 11.9. The Morgan fingerprint density at radius 2 is 1.85 bits per heavy atom. The first-order valence-corrected chi connectivity index (χ1v) is 10.2. The standard InChI is InChI=1S/C24H20F3N3O3/c1-15-20(9-11-23(31)28-14-19-3-2-12-32-19)24(33-22-10-6-17(26)13-21(22)27)30(29-15)18-7-4-16(25)5-8-18/h2-8,10,12-13H,9,11,14H2,1H3,(H,28,31). The van der Waals surface area contributed by atoms with Crippen LogP contribution in [0.25, 0.3) is 5.69 Å². The van der Waals surface area contributed by atoms with Crippen LogP contribution in [0.4, 0.5) is 13.2 Å². The summed E-state index contributed by atoms with van der Waals surface area (Å²) in [5.74, 6) is -1.70. The summed E-state index contributed by atoms with van der Waals surface area (Å²) in [5.41, 5.74) is 1.59. The number of hydrogen-bond acceptors (Lipinski definition) is 4. The third-order valence-corrected chi connectivity index (χ3v) is 4.95. The van der Waals surface area contributed by atoms with E-state index in [-0.39, 0.29) is 36.9 Å². The van der Waals surface area contributed by atoms with E-state index >= 15 is 0 Å². The van der Waals surface area contributed by atoms with Gasteiger partial charge in [0.2, 0.25) is 11.8 Å². The first-order chi connectivity index (χ1) is 15.9. The number of nitrogens with zero attached hydrogens (tertiary/aromatic N) is 2. The number of aryl methyl sites for hydroxylation is 1. The Hall–Kier alpha value is -4.01. The van der Waals surface area contributed by atoms with Crippen molar-refractivity contribution in [2.24, 2.45) is 0 Å². The molecule has 0 radical (unpaired) electrons. The Labute approximate surface area is 187 Å². The number of benzene rings is 2. The zero-order valence-corrected chi connectivity index (χ0v) is 17.6. The Kier molecular flexibility index (Phi) is 6.48. The highest BCUT2D eigenvalue weighted by Gasteiger charge is 2.21. The van der Waals surface area contributed by atoms with Crippen molar-refractivity contribution in [2.45, 2.75) is 26.3 Å². The van der Waals surface area contributed by atoms with Gasteiger partial charge in [-0.3, -0.25) is 4.79 Å². The number of furan rings is 1. The van der Waals surface area contributed by atoms with Crippen LogP contribution < -0.4 is 10.1 Å². The fourth-order valence-corrected chi connectivity index (χ4v) is 3.28. The average molecular weight is 455 g/mol. The number of carbonyl (C=O) groups excluding carboxylic acids is 1. The van der Waals surface area contributed by atoms with Crippen molar-refractivity contribution in [1.82, 2.24) is 15.1 Å². The number of nitrogens with one attached hydrogen (secondary N) is 1. The highest BCUT2D eigenvalue weighted by molar-refractivity contribution is 5.76. The Bertz CT molecular complexity index is 1250. The van der Waals surface area contributed by atoms with Gasteiger partial charge in [0.1, 0.15) is 17.4 Å². The zero-order valence-electron chi connectivity index (χ0n) is 17.6. The van der Waals surface area contributed by atoms with Crippen molar-refractivity contribution < 1.29 is 27.1 Å². The van der Waals surface area contributed by atoms with E-state index in [1.165, 1.54) is 41.3 Å². The minimum absolute atomic E-state index is 0.110. The number of ether oxygens (including phenoxy) is 1. The summed E-state index contributed by atoms with van der Waals surface area (Å²) >= 11 is 0. The first-order valence-electron chi connectivity index (χ1n) is 10.2. The Morgan fingerprint density at radius 3 is 2.55 bits per heavy atom. The molecule has 2 heterocycles. The summed E-state index contributed by atoms with van der Waals surface area (Å²) in [5, 5.41) is 7.20. The molecule has 33 heavy (non-hydrogen) atoms. The summed E-state index contributed by atoms with van der Waals surface area (Å²) < 4.78 is 53.4. The molecule has 1 N–H and O–H groups in total. The second-order valence-electron chi connectivity index (χ2n) is 7.29. The maximum absolute atomic E-state index is 14.3. The summed E-state index contributed by atoms with van der Waals surface area (Å²) in [4.78, 5) is 12.3. The van der Waals surface area contributed by atoms with Crippen LogP contribution in [0.5, 0.6) is 11.6 Å². The van der Waals surface area contributed by atoms with Gasteiger partial charge < -0.3 is 14.5 Å². The normalized spacial score (nSPS) is 10.9. The molecule has 0 spiro atoms. The second-order valence-corrected chi connectivity index (χ2v) is 7.29. The fourth-order valence-electron chi connectivity index (χ4n) is 3.28. The van der Waals surface area contributed by atoms with Crippen molar-refractivity contribution in [2.75, 3.05) is 0 Å². The number of halogens is 3. The lowest BCUT2D eigenvalue weighted by Gasteiger charge is -2.12. The summed E-state index contributed by atoms with van der Waals surface area (Å²) in [6.45, 7) is 1.98. The molecule has 0 aliphatic heterocycles. The zero-order chi connectivity index (χ0) is 23.4. The van der Waals surface area contributed by atoms with Crippen molar-refractivity contribution in [1.29, 1.82) is 0 Å². The van der Waals surface area contributed by atoms with Crippen LogP contribution in [0.3, 0.4) is 0 Å². The van der Waals surface area contributed by atoms with Crippen molar-refractivity contribution in [3.8, 4) is 17.3 Å². The van der Waals surface area contributed by atoms with E-state index in [2.05, 4.69) is 10.4 Å². The van der Waals surface area contributed by atoms with E-state index in [0.717, 1.165) is 6.07 Å². The number of amides is 1. The molecule has 9 heteroatoms. The molecule has 4 aromatic rings. The largest absolute Gasteiger partial charge is 0.467 e. The van der Waals surface area contributed by atoms with Crippen LogP contribution in [0.1, 0.15) is 23.4 Å². The van der Waals surface area contributed by atoms with E-state index in [0.29, 0.717) is 28.8 Å². The van der Waals surface area contributed by atoms with Crippen LogP contribution in [-0.4, -0.2) is 15.7 Å². The Morgan fingerprint density at radius 1 is 1.09 bits per heavy atom. The van der Waals surface area contributed by atoms with Crippen molar-refractivity contribution in [3.05, 3.63) is 95.3 Å². The lowest BCUT2D eigenvalue weighted by molar-refractivity contribution is -0.121. The third kappa shape index (κ3) is 5.25. The molecule has 2 aromatic heterocycles. The predicted molar refractivity (Wildman–Crippen MR) is 114 cm³/mol. The monoisotopic (exact) mass is 455 g/mol. The van der Waals surface area contributed by atoms with Gasteiger partial charge in [0, 0.05) is 18.1 Å². The molecule has 0 bridgehead atoms. The first kappa shape index (κ1) is 22.2. The Balaban J connectivity index is 1.60. The van der Waals surface area contributed by atoms with Crippen LogP contribution >= 0.6 is 0 Å². The SMILES string of the molecule is Cc1nn(-c2ccc(F)cc2)c(Oc2ccc(F)cc2F)c1CCC(=O)NCc1ccco1. The quantitative estimate of drug-likeness (QED) is 0.395. The number of rotatable bonds is 8. The van der Waals surface area contributed by atoms with Gasteiger partial charge >= 0.3 is 0 Å². The van der Waals surface area contributed by atoms with Gasteiger partial charge in [-0.15, -0.1) is 0 Å². The number of aromatic nitrogens is 2. The number of carbonyl (C=O) groups is 1. The van der Waals surface area contributed by atoms with Gasteiger partial charge in [-0.05, 0) is 61.9 Å². The van der Waals surface area contributed by atoms with Gasteiger partial charge in [-0.1, -0.05) is 0 Å². The van der Waals surface area contributed by atoms with Crippen LogP contribution in [0.2, 0.25) is 0 Å². The van der Waals surface area contributed by atoms with Crippen LogP contribution in [-0.2, 0) is 17.8 Å². The third-order valence-electron chi connectivity index (χ3n) is 4.95. The molecule has 170 valence electrons. The van der Waals surface area contributed by atoms with Gasteiger partial charge in [0.05, 0.1) is 24.2 Å². The molecule has 2 aromatic carbocycles. The molecule has 0 atom stereocenters. The van der Waals surface area contributed by atoms with Crippen LogP contribution in [0, 0.1) is 24.4 Å². The minimum Gasteiger partial charge on any atom is -0.467 e. The molecule has 4 rings (SSSR count). The van der Waals surface area contributed by atoms with E-state index < -0.39 is 17.5 Å². The van der Waals surface area contributed by atoms with Crippen molar-refractivity contribution >= 4 is 5.91 Å². The fraction of sp³-hybridized carbons (Fsp3) is 0.167. The maximum Gasteiger partial charge on any atom is 0.226 e. The molecule has 0 saturated carbocycles. The molecule has 0 aliphatic rings. The van der Waals surface area contributed by atoms with E-state index in [9.17, 15) is 18.0 Å². The summed E-state index contributed by atoms with van der Waals surface area (Å²) in [6.07, 6.45) is 1.88. The van der Waals surface area contributed by atoms with E-state index in [1.54, 1.807) is 19.1 Å². The van der Waals surface area contributed by atoms with E-state index in [4.69, 9.17) is 9.15 Å². The molecule has 0 fully saturated rings. The minimum atomic E-state index is -0.887.